The number of halogens is 1. The zero-order valence-corrected chi connectivity index (χ0v) is 10.3. The second kappa shape index (κ2) is 4.33. The van der Waals surface area contributed by atoms with Crippen molar-refractivity contribution in [3.05, 3.63) is 58.0 Å². The zero-order valence-electron chi connectivity index (χ0n) is 9.52. The van der Waals surface area contributed by atoms with Crippen molar-refractivity contribution in [2.24, 2.45) is 0 Å². The molecule has 6 nitrogen and oxygen atoms in total. The molecule has 0 unspecified atom stereocenters. The topological polar surface area (TPSA) is 73.3 Å². The number of benzene rings is 1. The third-order valence-corrected chi connectivity index (χ3v) is 2.99. The van der Waals surface area contributed by atoms with E-state index in [1.165, 1.54) is 12.1 Å². The van der Waals surface area contributed by atoms with Crippen LogP contribution in [0.4, 0.5) is 5.69 Å². The number of hydrogen-bond acceptors (Lipinski definition) is 4. The molecule has 3 rings (SSSR count). The summed E-state index contributed by atoms with van der Waals surface area (Å²) in [4.78, 5) is 18.7. The van der Waals surface area contributed by atoms with Gasteiger partial charge < -0.3 is 0 Å². The lowest BCUT2D eigenvalue weighted by Gasteiger charge is -1.98. The van der Waals surface area contributed by atoms with Gasteiger partial charge in [-0.05, 0) is 12.1 Å². The van der Waals surface area contributed by atoms with E-state index in [1.54, 1.807) is 28.9 Å². The average molecular weight is 275 g/mol. The molecule has 0 aliphatic heterocycles. The van der Waals surface area contributed by atoms with E-state index in [-0.39, 0.29) is 10.7 Å². The standard InChI is InChI=1S/C12H7ClN4O2/c13-9-3-2-8(6-11(9)17(18)19)10-7-16-5-1-4-14-12(16)15-10/h1-7H. The Balaban J connectivity index is 2.16. The van der Waals surface area contributed by atoms with Crippen molar-refractivity contribution < 1.29 is 4.92 Å². The molecular weight excluding hydrogens is 268 g/mol. The van der Waals surface area contributed by atoms with Crippen molar-refractivity contribution in [1.82, 2.24) is 14.4 Å². The molecule has 19 heavy (non-hydrogen) atoms. The van der Waals surface area contributed by atoms with E-state index in [4.69, 9.17) is 11.6 Å². The van der Waals surface area contributed by atoms with Gasteiger partial charge in [0.2, 0.25) is 5.78 Å². The molecule has 0 spiro atoms. The van der Waals surface area contributed by atoms with Crippen molar-refractivity contribution in [2.45, 2.75) is 0 Å². The van der Waals surface area contributed by atoms with Crippen LogP contribution >= 0.6 is 11.6 Å². The van der Waals surface area contributed by atoms with Crippen molar-refractivity contribution in [1.29, 1.82) is 0 Å². The van der Waals surface area contributed by atoms with Crippen LogP contribution in [0.1, 0.15) is 0 Å². The summed E-state index contributed by atoms with van der Waals surface area (Å²) in [6.45, 7) is 0. The van der Waals surface area contributed by atoms with Gasteiger partial charge in [0.05, 0.1) is 10.6 Å². The molecule has 0 N–H and O–H groups in total. The number of imidazole rings is 1. The highest BCUT2D eigenvalue weighted by Crippen LogP contribution is 2.29. The van der Waals surface area contributed by atoms with E-state index in [0.29, 0.717) is 17.0 Å². The van der Waals surface area contributed by atoms with E-state index >= 15 is 0 Å². The molecule has 7 heteroatoms. The Hall–Kier alpha value is -2.47. The molecule has 0 aliphatic rings. The number of hydrogen-bond donors (Lipinski definition) is 0. The monoisotopic (exact) mass is 274 g/mol. The van der Waals surface area contributed by atoms with Crippen LogP contribution in [0.2, 0.25) is 5.02 Å². The minimum absolute atomic E-state index is 0.107. The molecule has 2 heterocycles. The second-order valence-electron chi connectivity index (χ2n) is 3.88. The first-order valence-corrected chi connectivity index (χ1v) is 5.77. The lowest BCUT2D eigenvalue weighted by molar-refractivity contribution is -0.384. The highest BCUT2D eigenvalue weighted by Gasteiger charge is 2.15. The average Bonchev–Trinajstić information content (AvgIpc) is 2.82. The fourth-order valence-electron chi connectivity index (χ4n) is 1.78. The maximum Gasteiger partial charge on any atom is 0.288 e. The predicted molar refractivity (Wildman–Crippen MR) is 70.1 cm³/mol. The first kappa shape index (κ1) is 11.6. The molecule has 0 bridgehead atoms. The number of nitro groups is 1. The fourth-order valence-corrected chi connectivity index (χ4v) is 1.97. The maximum atomic E-state index is 10.9. The Labute approximate surface area is 112 Å². The Morgan fingerprint density at radius 1 is 1.37 bits per heavy atom. The van der Waals surface area contributed by atoms with Gasteiger partial charge in [0, 0.05) is 30.2 Å². The van der Waals surface area contributed by atoms with Gasteiger partial charge in [-0.1, -0.05) is 17.7 Å². The molecule has 1 aromatic carbocycles. The highest BCUT2D eigenvalue weighted by atomic mass is 35.5. The van der Waals surface area contributed by atoms with Crippen LogP contribution in [0, 0.1) is 10.1 Å². The minimum atomic E-state index is -0.514. The summed E-state index contributed by atoms with van der Waals surface area (Å²) in [5, 5.41) is 11.0. The van der Waals surface area contributed by atoms with Crippen LogP contribution in [0.25, 0.3) is 17.0 Å². The molecule has 0 atom stereocenters. The smallest absolute Gasteiger partial charge is 0.288 e. The first-order valence-electron chi connectivity index (χ1n) is 5.39. The molecule has 0 saturated heterocycles. The van der Waals surface area contributed by atoms with Crippen LogP contribution in [0.5, 0.6) is 0 Å². The summed E-state index contributed by atoms with van der Waals surface area (Å²) in [6.07, 6.45) is 5.20. The van der Waals surface area contributed by atoms with E-state index < -0.39 is 4.92 Å². The van der Waals surface area contributed by atoms with E-state index in [2.05, 4.69) is 9.97 Å². The molecule has 3 aromatic rings. The normalized spacial score (nSPS) is 10.8. The molecular formula is C12H7ClN4O2. The van der Waals surface area contributed by atoms with Crippen LogP contribution in [-0.2, 0) is 0 Å². The number of nitro benzene ring substituents is 1. The third-order valence-electron chi connectivity index (χ3n) is 2.67. The van der Waals surface area contributed by atoms with Crippen molar-refractivity contribution >= 4 is 23.1 Å². The van der Waals surface area contributed by atoms with Gasteiger partial charge in [-0.3, -0.25) is 14.5 Å². The molecule has 0 aliphatic carbocycles. The lowest BCUT2D eigenvalue weighted by Crippen LogP contribution is -1.90. The summed E-state index contributed by atoms with van der Waals surface area (Å²) in [5.41, 5.74) is 1.10. The molecule has 0 radical (unpaired) electrons. The molecule has 94 valence electrons. The van der Waals surface area contributed by atoms with Gasteiger partial charge in [0.25, 0.3) is 5.69 Å². The number of fused-ring (bicyclic) bond motifs is 1. The van der Waals surface area contributed by atoms with Crippen molar-refractivity contribution in [3.8, 4) is 11.3 Å². The fraction of sp³-hybridized carbons (Fsp3) is 0. The van der Waals surface area contributed by atoms with E-state index in [0.717, 1.165) is 0 Å². The molecule has 2 aromatic heterocycles. The zero-order chi connectivity index (χ0) is 13.4. The third kappa shape index (κ3) is 2.02. The first-order chi connectivity index (χ1) is 9.15. The maximum absolute atomic E-state index is 10.9. The summed E-state index contributed by atoms with van der Waals surface area (Å²) < 4.78 is 1.75. The lowest BCUT2D eigenvalue weighted by atomic mass is 10.1. The van der Waals surface area contributed by atoms with Crippen LogP contribution < -0.4 is 0 Å². The van der Waals surface area contributed by atoms with Crippen molar-refractivity contribution in [2.75, 3.05) is 0 Å². The van der Waals surface area contributed by atoms with Gasteiger partial charge in [0.15, 0.2) is 0 Å². The number of aromatic nitrogens is 3. The Morgan fingerprint density at radius 3 is 2.95 bits per heavy atom. The molecule has 0 saturated carbocycles. The quantitative estimate of drug-likeness (QED) is 0.532. The van der Waals surface area contributed by atoms with Crippen LogP contribution in [-0.4, -0.2) is 19.3 Å². The summed E-state index contributed by atoms with van der Waals surface area (Å²) in [6, 6.07) is 6.37. The number of rotatable bonds is 2. The minimum Gasteiger partial charge on any atom is -0.291 e. The molecule has 0 fully saturated rings. The van der Waals surface area contributed by atoms with E-state index in [9.17, 15) is 10.1 Å². The summed E-state index contributed by atoms with van der Waals surface area (Å²) >= 11 is 5.78. The highest BCUT2D eigenvalue weighted by molar-refractivity contribution is 6.32. The Kier molecular flexibility index (Phi) is 2.64. The SMILES string of the molecule is O=[N+]([O-])c1cc(-c2cn3cccnc3n2)ccc1Cl. The van der Waals surface area contributed by atoms with Gasteiger partial charge in [-0.15, -0.1) is 0 Å². The Morgan fingerprint density at radius 2 is 2.21 bits per heavy atom. The number of nitrogens with zero attached hydrogens (tertiary/aromatic N) is 4. The summed E-state index contributed by atoms with van der Waals surface area (Å²) in [7, 11) is 0. The van der Waals surface area contributed by atoms with Crippen LogP contribution in [0.15, 0.2) is 42.9 Å². The van der Waals surface area contributed by atoms with Gasteiger partial charge in [-0.25, -0.2) is 9.97 Å². The van der Waals surface area contributed by atoms with Gasteiger partial charge in [-0.2, -0.15) is 0 Å². The summed E-state index contributed by atoms with van der Waals surface area (Å²) in [5.74, 6) is 0.537. The van der Waals surface area contributed by atoms with Crippen LogP contribution in [0.3, 0.4) is 0 Å². The second-order valence-corrected chi connectivity index (χ2v) is 4.28. The van der Waals surface area contributed by atoms with Gasteiger partial charge >= 0.3 is 0 Å². The Bertz CT molecular complexity index is 751. The largest absolute Gasteiger partial charge is 0.291 e. The van der Waals surface area contributed by atoms with Crippen molar-refractivity contribution in [3.63, 3.8) is 0 Å². The van der Waals surface area contributed by atoms with Gasteiger partial charge in [0.1, 0.15) is 5.02 Å². The van der Waals surface area contributed by atoms with E-state index in [1.807, 2.05) is 6.20 Å². The predicted octanol–water partition coefficient (Wildman–Crippen LogP) is 2.96. The molecule has 0 amide bonds.